The van der Waals surface area contributed by atoms with Crippen LogP contribution in [0, 0.1) is 0 Å². The molecule has 0 bridgehead atoms. The molecule has 0 radical (unpaired) electrons. The van der Waals surface area contributed by atoms with Gasteiger partial charge in [-0.15, -0.1) is 0 Å². The number of carbonyl (C=O) groups is 2. The molecular formula is C64H115N2O7P. The molecule has 0 aromatic rings. The molecule has 0 heterocycles. The van der Waals surface area contributed by atoms with Crippen LogP contribution in [0.4, 0.5) is 0 Å². The van der Waals surface area contributed by atoms with Gasteiger partial charge in [0, 0.05) is 12.8 Å². The summed E-state index contributed by atoms with van der Waals surface area (Å²) in [6.07, 6.45) is 69.8. The van der Waals surface area contributed by atoms with Crippen molar-refractivity contribution in [1.29, 1.82) is 0 Å². The predicted octanol–water partition coefficient (Wildman–Crippen LogP) is 18.0. The van der Waals surface area contributed by atoms with E-state index < -0.39 is 26.6 Å². The lowest BCUT2D eigenvalue weighted by atomic mass is 10.0. The van der Waals surface area contributed by atoms with Crippen LogP contribution in [0.2, 0.25) is 0 Å². The molecule has 0 fully saturated rings. The van der Waals surface area contributed by atoms with Gasteiger partial charge in [-0.05, 0) is 89.5 Å². The maximum absolute atomic E-state index is 13.5. The third kappa shape index (κ3) is 54.0. The number of hydrogen-bond donors (Lipinski definition) is 1. The second kappa shape index (κ2) is 53.6. The first-order valence-corrected chi connectivity index (χ1v) is 31.9. The topological polar surface area (TPSA) is 114 Å². The summed E-state index contributed by atoms with van der Waals surface area (Å²) in [6.45, 7) is 6.66. The average molecular weight is 1060 g/mol. The highest BCUT2D eigenvalue weighted by Gasteiger charge is 2.27. The summed E-state index contributed by atoms with van der Waals surface area (Å²) in [7, 11) is 1.16. The molecule has 9 nitrogen and oxygen atoms in total. The van der Waals surface area contributed by atoms with Crippen molar-refractivity contribution in [2.24, 2.45) is 0 Å². The zero-order valence-corrected chi connectivity index (χ0v) is 49.7. The van der Waals surface area contributed by atoms with Crippen LogP contribution >= 0.6 is 7.82 Å². The van der Waals surface area contributed by atoms with Gasteiger partial charge in [-0.2, -0.15) is 0 Å². The van der Waals surface area contributed by atoms with Crippen LogP contribution in [0.5, 0.6) is 0 Å². The number of hydrogen-bond acceptors (Lipinski definition) is 7. The number of allylic oxidation sites excluding steroid dienone is 13. The SMILES string of the molecule is CC/C=C/C=C/C=C\CCCCCCCC(=O)OC(/C=C\CCCCCCCCCCCC)C(COP(=O)([O-])OCC[N+](C)(C)C)NC(=O)CCCCCCCCCCCC/C=C\C/C=C\C/C=C\CCCCC. The number of unbranched alkanes of at least 4 members (excludes halogenated alkanes) is 28. The number of likely N-dealkylation sites (N-methyl/N-ethyl adjacent to an activating group) is 1. The number of phosphoric acid groups is 1. The molecule has 0 aliphatic rings. The molecule has 0 spiro atoms. The Labute approximate surface area is 456 Å². The van der Waals surface area contributed by atoms with Gasteiger partial charge in [0.15, 0.2) is 0 Å². The smallest absolute Gasteiger partial charge is 0.306 e. The Morgan fingerprint density at radius 2 is 0.919 bits per heavy atom. The van der Waals surface area contributed by atoms with Crippen LogP contribution in [-0.2, 0) is 27.9 Å². The Bertz CT molecular complexity index is 1540. The summed E-state index contributed by atoms with van der Waals surface area (Å²) in [4.78, 5) is 39.9. The van der Waals surface area contributed by atoms with Crippen LogP contribution < -0.4 is 10.2 Å². The van der Waals surface area contributed by atoms with Crippen molar-refractivity contribution in [2.45, 2.75) is 270 Å². The van der Waals surface area contributed by atoms with E-state index in [0.717, 1.165) is 103 Å². The Morgan fingerprint density at radius 1 is 0.500 bits per heavy atom. The molecule has 0 aliphatic heterocycles. The molecule has 0 aromatic heterocycles. The largest absolute Gasteiger partial charge is 0.756 e. The fourth-order valence-corrected chi connectivity index (χ4v) is 9.13. The molecular weight excluding hydrogens is 940 g/mol. The summed E-state index contributed by atoms with van der Waals surface area (Å²) in [5, 5.41) is 3.02. The van der Waals surface area contributed by atoms with Crippen molar-refractivity contribution < 1.29 is 37.3 Å². The Morgan fingerprint density at radius 3 is 1.43 bits per heavy atom. The van der Waals surface area contributed by atoms with Gasteiger partial charge in [-0.25, -0.2) is 0 Å². The van der Waals surface area contributed by atoms with Gasteiger partial charge >= 0.3 is 5.97 Å². The highest BCUT2D eigenvalue weighted by molar-refractivity contribution is 7.45. The van der Waals surface area contributed by atoms with Gasteiger partial charge in [0.2, 0.25) is 5.91 Å². The van der Waals surface area contributed by atoms with Gasteiger partial charge in [-0.1, -0.05) is 241 Å². The first kappa shape index (κ1) is 71.2. The number of ether oxygens (including phenoxy) is 1. The van der Waals surface area contributed by atoms with E-state index in [1.807, 2.05) is 33.3 Å². The zero-order valence-electron chi connectivity index (χ0n) is 48.8. The molecule has 3 unspecified atom stereocenters. The predicted molar refractivity (Wildman–Crippen MR) is 316 cm³/mol. The van der Waals surface area contributed by atoms with Crippen molar-refractivity contribution in [3.05, 3.63) is 85.1 Å². The Hall–Kier alpha value is -2.81. The molecule has 0 saturated heterocycles. The molecule has 74 heavy (non-hydrogen) atoms. The van der Waals surface area contributed by atoms with E-state index in [1.165, 1.54) is 116 Å². The van der Waals surface area contributed by atoms with E-state index in [2.05, 4.69) is 99.0 Å². The van der Waals surface area contributed by atoms with E-state index >= 15 is 0 Å². The molecule has 1 N–H and O–H groups in total. The lowest BCUT2D eigenvalue weighted by molar-refractivity contribution is -0.870. The standard InChI is InChI=1S/C64H115N2O7P/c1-7-10-13-16-19-22-25-28-29-30-31-32-33-34-35-36-37-39-41-44-47-50-53-56-63(67)65-61(60-72-74(69,70)71-59-58-66(4,5)6)62(55-52-49-46-43-40-27-24-21-18-15-12-9-3)73-64(68)57-54-51-48-45-42-38-26-23-20-17-14-11-8-2/h11,14,17,19-20,22-23,26,28-29,31-32,52,55,61-62H,7-10,12-13,15-16,18,21,24-25,27,30,33-51,53-54,56-60H2,1-6H3,(H-,65,67,69,70)/b14-11+,20-17+,22-19-,26-23-,29-28-,32-31-,55-52-. The van der Waals surface area contributed by atoms with Crippen LogP contribution in [0.15, 0.2) is 85.1 Å². The lowest BCUT2D eigenvalue weighted by Gasteiger charge is -2.30. The molecule has 0 saturated carbocycles. The minimum absolute atomic E-state index is 0.0300. The molecule has 3 atom stereocenters. The summed E-state index contributed by atoms with van der Waals surface area (Å²) in [5.74, 6) is -0.571. The molecule has 0 rings (SSSR count). The van der Waals surface area contributed by atoms with E-state index in [0.29, 0.717) is 23.9 Å². The van der Waals surface area contributed by atoms with Gasteiger partial charge < -0.3 is 28.5 Å². The van der Waals surface area contributed by atoms with Crippen LogP contribution in [0.1, 0.15) is 258 Å². The average Bonchev–Trinajstić information content (AvgIpc) is 3.36. The zero-order chi connectivity index (χ0) is 54.3. The lowest BCUT2D eigenvalue weighted by Crippen LogP contribution is -2.47. The fraction of sp³-hybridized carbons (Fsp3) is 0.750. The molecule has 0 aliphatic carbocycles. The number of amides is 1. The van der Waals surface area contributed by atoms with Crippen molar-refractivity contribution in [3.63, 3.8) is 0 Å². The number of esters is 1. The second-order valence-electron chi connectivity index (χ2n) is 21.5. The summed E-state index contributed by atoms with van der Waals surface area (Å²) < 4.78 is 30.2. The second-order valence-corrected chi connectivity index (χ2v) is 22.9. The summed E-state index contributed by atoms with van der Waals surface area (Å²) in [6, 6.07) is -0.902. The number of nitrogens with zero attached hydrogens (tertiary/aromatic N) is 1. The van der Waals surface area contributed by atoms with Gasteiger partial charge in [0.1, 0.15) is 19.3 Å². The van der Waals surface area contributed by atoms with Crippen molar-refractivity contribution in [3.8, 4) is 0 Å². The van der Waals surface area contributed by atoms with E-state index in [1.54, 1.807) is 0 Å². The van der Waals surface area contributed by atoms with Crippen LogP contribution in [-0.4, -0.2) is 69.4 Å². The first-order chi connectivity index (χ1) is 35.9. The number of quaternary nitrogens is 1. The third-order valence-corrected chi connectivity index (χ3v) is 14.1. The molecule has 1 amide bonds. The van der Waals surface area contributed by atoms with E-state index in [-0.39, 0.29) is 24.9 Å². The summed E-state index contributed by atoms with van der Waals surface area (Å²) in [5.41, 5.74) is 0. The van der Waals surface area contributed by atoms with Crippen LogP contribution in [0.3, 0.4) is 0 Å². The quantitative estimate of drug-likeness (QED) is 0.0161. The number of carbonyl (C=O) groups excluding carboxylic acids is 2. The van der Waals surface area contributed by atoms with Crippen molar-refractivity contribution in [1.82, 2.24) is 5.32 Å². The maximum Gasteiger partial charge on any atom is 0.306 e. The first-order valence-electron chi connectivity index (χ1n) is 30.4. The highest BCUT2D eigenvalue weighted by Crippen LogP contribution is 2.38. The number of rotatable bonds is 54. The van der Waals surface area contributed by atoms with Crippen LogP contribution in [0.25, 0.3) is 0 Å². The minimum Gasteiger partial charge on any atom is -0.756 e. The van der Waals surface area contributed by atoms with Gasteiger partial charge in [0.05, 0.1) is 33.8 Å². The maximum atomic E-state index is 13.5. The van der Waals surface area contributed by atoms with Gasteiger partial charge in [0.25, 0.3) is 7.82 Å². The number of nitrogens with one attached hydrogen (secondary N) is 1. The Balaban J connectivity index is 5.21. The molecule has 428 valence electrons. The minimum atomic E-state index is -4.71. The van der Waals surface area contributed by atoms with Gasteiger partial charge in [-0.3, -0.25) is 14.2 Å². The number of phosphoric ester groups is 1. The van der Waals surface area contributed by atoms with Crippen molar-refractivity contribution in [2.75, 3.05) is 40.9 Å². The highest BCUT2D eigenvalue weighted by atomic mass is 31.2. The molecule has 0 aromatic carbocycles. The fourth-order valence-electron chi connectivity index (χ4n) is 8.41. The monoisotopic (exact) mass is 1050 g/mol. The summed E-state index contributed by atoms with van der Waals surface area (Å²) >= 11 is 0. The van der Waals surface area contributed by atoms with Crippen molar-refractivity contribution >= 4 is 19.7 Å². The Kier molecular flexibility index (Phi) is 51.5. The third-order valence-electron chi connectivity index (χ3n) is 13.1. The van der Waals surface area contributed by atoms with E-state index in [4.69, 9.17) is 13.8 Å². The van der Waals surface area contributed by atoms with E-state index in [9.17, 15) is 19.0 Å². The normalized spacial score (nSPS) is 14.3. The molecule has 10 heteroatoms.